The summed E-state index contributed by atoms with van der Waals surface area (Å²) in [5, 5.41) is 0. The molecule has 4 aromatic rings. The third kappa shape index (κ3) is 7.16. The number of methoxy groups -OCH3 is 1. The lowest BCUT2D eigenvalue weighted by atomic mass is 10.2. The van der Waals surface area contributed by atoms with Gasteiger partial charge in [-0.2, -0.15) is 0 Å². The van der Waals surface area contributed by atoms with E-state index in [1.165, 1.54) is 6.26 Å². The summed E-state index contributed by atoms with van der Waals surface area (Å²) in [5.41, 5.74) is 3.15. The Morgan fingerprint density at radius 3 is 2.45 bits per heavy atom. The molecule has 7 nitrogen and oxygen atoms in total. The molecule has 0 N–H and O–H groups in total. The second-order valence-corrected chi connectivity index (χ2v) is 9.27. The number of carbonyl (C=O) groups excluding carboxylic acids is 2. The second kappa shape index (κ2) is 13.3. The van der Waals surface area contributed by atoms with E-state index >= 15 is 0 Å². The largest absolute Gasteiger partial charge is 0.497 e. The van der Waals surface area contributed by atoms with Gasteiger partial charge in [-0.1, -0.05) is 55.8 Å². The van der Waals surface area contributed by atoms with Gasteiger partial charge in [0.15, 0.2) is 5.76 Å². The number of rotatable bonds is 13. The number of hydrogen-bond acceptors (Lipinski definition) is 4. The first-order valence-electron chi connectivity index (χ1n) is 13.0. The Balaban J connectivity index is 1.55. The number of aromatic nitrogens is 1. The van der Waals surface area contributed by atoms with Gasteiger partial charge in [0.2, 0.25) is 5.91 Å². The topological polar surface area (TPSA) is 67.9 Å². The standard InChI is InChI=1S/C31H35N3O4/c1-3-4-17-33(31(36)29-16-10-19-38-29)24-30(35)34(21-25-11-6-5-7-12-25)23-27-14-9-18-32(27)22-26-13-8-15-28(20-26)37-2/h5-16,18-20H,3-4,17,21-24H2,1-2H3. The zero-order valence-corrected chi connectivity index (χ0v) is 22.1. The molecule has 0 spiro atoms. The Labute approximate surface area is 224 Å². The van der Waals surface area contributed by atoms with Crippen LogP contribution in [0.25, 0.3) is 0 Å². The Kier molecular flexibility index (Phi) is 9.40. The van der Waals surface area contributed by atoms with E-state index in [0.29, 0.717) is 26.2 Å². The summed E-state index contributed by atoms with van der Waals surface area (Å²) in [6.45, 7) is 4.07. The van der Waals surface area contributed by atoms with E-state index in [9.17, 15) is 9.59 Å². The van der Waals surface area contributed by atoms with Crippen molar-refractivity contribution in [2.75, 3.05) is 20.2 Å². The van der Waals surface area contributed by atoms with Gasteiger partial charge < -0.3 is 23.5 Å². The van der Waals surface area contributed by atoms with E-state index in [2.05, 4.69) is 17.6 Å². The molecule has 0 saturated heterocycles. The van der Waals surface area contributed by atoms with Crippen molar-refractivity contribution in [1.29, 1.82) is 0 Å². The molecule has 198 valence electrons. The number of benzene rings is 2. The van der Waals surface area contributed by atoms with E-state index in [-0.39, 0.29) is 24.1 Å². The van der Waals surface area contributed by atoms with Crippen molar-refractivity contribution in [3.8, 4) is 5.75 Å². The highest BCUT2D eigenvalue weighted by molar-refractivity contribution is 5.94. The minimum absolute atomic E-state index is 0.0110. The van der Waals surface area contributed by atoms with Crippen LogP contribution in [-0.2, 0) is 24.4 Å². The van der Waals surface area contributed by atoms with E-state index in [4.69, 9.17) is 9.15 Å². The second-order valence-electron chi connectivity index (χ2n) is 9.27. The fourth-order valence-electron chi connectivity index (χ4n) is 4.37. The van der Waals surface area contributed by atoms with Gasteiger partial charge in [0.1, 0.15) is 12.3 Å². The quantitative estimate of drug-likeness (QED) is 0.233. The third-order valence-electron chi connectivity index (χ3n) is 6.46. The maximum absolute atomic E-state index is 13.8. The number of carbonyl (C=O) groups is 2. The molecule has 0 bridgehead atoms. The zero-order chi connectivity index (χ0) is 26.7. The smallest absolute Gasteiger partial charge is 0.290 e. The highest BCUT2D eigenvalue weighted by Crippen LogP contribution is 2.18. The van der Waals surface area contributed by atoms with Crippen LogP contribution in [-0.4, -0.2) is 46.4 Å². The summed E-state index contributed by atoms with van der Waals surface area (Å²) in [7, 11) is 1.66. The van der Waals surface area contributed by atoms with Crippen LogP contribution in [0, 0.1) is 0 Å². The molecule has 0 saturated carbocycles. The molecule has 2 aromatic carbocycles. The Morgan fingerprint density at radius 2 is 1.71 bits per heavy atom. The number of unbranched alkanes of at least 4 members (excludes halogenated alkanes) is 1. The maximum atomic E-state index is 13.8. The van der Waals surface area contributed by atoms with Crippen LogP contribution in [0.2, 0.25) is 0 Å². The molecule has 4 rings (SSSR count). The maximum Gasteiger partial charge on any atom is 0.290 e. The Hall–Kier alpha value is -4.26. The molecule has 0 aliphatic carbocycles. The third-order valence-corrected chi connectivity index (χ3v) is 6.46. The fraction of sp³-hybridized carbons (Fsp3) is 0.290. The van der Waals surface area contributed by atoms with E-state index in [1.807, 2.05) is 71.8 Å². The number of nitrogens with zero attached hydrogens (tertiary/aromatic N) is 3. The first-order chi connectivity index (χ1) is 18.6. The van der Waals surface area contributed by atoms with E-state index < -0.39 is 0 Å². The number of furan rings is 1. The van der Waals surface area contributed by atoms with Gasteiger partial charge in [-0.25, -0.2) is 0 Å². The lowest BCUT2D eigenvalue weighted by Crippen LogP contribution is -2.43. The minimum Gasteiger partial charge on any atom is -0.497 e. The monoisotopic (exact) mass is 513 g/mol. The van der Waals surface area contributed by atoms with Gasteiger partial charge in [0.25, 0.3) is 5.91 Å². The summed E-state index contributed by atoms with van der Waals surface area (Å²) >= 11 is 0. The molecule has 38 heavy (non-hydrogen) atoms. The van der Waals surface area contributed by atoms with Crippen LogP contribution in [0.4, 0.5) is 0 Å². The lowest BCUT2D eigenvalue weighted by Gasteiger charge is -2.28. The summed E-state index contributed by atoms with van der Waals surface area (Å²) in [5.74, 6) is 0.679. The molecule has 0 unspecified atom stereocenters. The summed E-state index contributed by atoms with van der Waals surface area (Å²) in [4.78, 5) is 30.3. The molecular formula is C31H35N3O4. The fourth-order valence-corrected chi connectivity index (χ4v) is 4.37. The van der Waals surface area contributed by atoms with Crippen molar-refractivity contribution in [2.24, 2.45) is 0 Å². The van der Waals surface area contributed by atoms with Crippen LogP contribution < -0.4 is 4.74 Å². The molecule has 0 radical (unpaired) electrons. The molecule has 0 aliphatic heterocycles. The van der Waals surface area contributed by atoms with Crippen LogP contribution in [0.1, 0.15) is 47.1 Å². The molecule has 0 atom stereocenters. The normalized spacial score (nSPS) is 10.8. The van der Waals surface area contributed by atoms with Crippen molar-refractivity contribution < 1.29 is 18.7 Å². The molecule has 0 aliphatic rings. The molecule has 0 fully saturated rings. The zero-order valence-electron chi connectivity index (χ0n) is 22.1. The van der Waals surface area contributed by atoms with Gasteiger partial charge in [-0.3, -0.25) is 9.59 Å². The first kappa shape index (κ1) is 26.8. The van der Waals surface area contributed by atoms with E-state index in [0.717, 1.165) is 35.4 Å². The lowest BCUT2D eigenvalue weighted by molar-refractivity contribution is -0.133. The van der Waals surface area contributed by atoms with Crippen LogP contribution >= 0.6 is 0 Å². The number of amides is 2. The SMILES string of the molecule is CCCCN(CC(=O)N(Cc1ccccc1)Cc1cccn1Cc1cccc(OC)c1)C(=O)c1ccco1. The van der Waals surface area contributed by atoms with Crippen LogP contribution in [0.15, 0.2) is 95.7 Å². The highest BCUT2D eigenvalue weighted by atomic mass is 16.5. The first-order valence-corrected chi connectivity index (χ1v) is 13.0. The van der Waals surface area contributed by atoms with Crippen molar-refractivity contribution in [3.05, 3.63) is 114 Å². The highest BCUT2D eigenvalue weighted by Gasteiger charge is 2.24. The average Bonchev–Trinajstić information content (AvgIpc) is 3.64. The van der Waals surface area contributed by atoms with Crippen molar-refractivity contribution in [3.63, 3.8) is 0 Å². The molecular weight excluding hydrogens is 478 g/mol. The minimum atomic E-state index is -0.266. The predicted molar refractivity (Wildman–Crippen MR) is 147 cm³/mol. The summed E-state index contributed by atoms with van der Waals surface area (Å²) < 4.78 is 12.9. The predicted octanol–water partition coefficient (Wildman–Crippen LogP) is 5.61. The average molecular weight is 514 g/mol. The van der Waals surface area contributed by atoms with Crippen LogP contribution in [0.3, 0.4) is 0 Å². The van der Waals surface area contributed by atoms with Crippen molar-refractivity contribution >= 4 is 11.8 Å². The summed E-state index contributed by atoms with van der Waals surface area (Å²) in [6, 6.07) is 25.3. The molecule has 2 aromatic heterocycles. The number of ether oxygens (including phenoxy) is 1. The van der Waals surface area contributed by atoms with Crippen molar-refractivity contribution in [1.82, 2.24) is 14.4 Å². The number of hydrogen-bond donors (Lipinski definition) is 0. The molecule has 2 amide bonds. The van der Waals surface area contributed by atoms with E-state index in [1.54, 1.807) is 24.1 Å². The van der Waals surface area contributed by atoms with Gasteiger partial charge in [0, 0.05) is 31.5 Å². The summed E-state index contributed by atoms with van der Waals surface area (Å²) in [6.07, 6.45) is 5.22. The molecule has 7 heteroatoms. The van der Waals surface area contributed by atoms with Gasteiger partial charge in [-0.05, 0) is 53.9 Å². The Morgan fingerprint density at radius 1 is 0.895 bits per heavy atom. The van der Waals surface area contributed by atoms with Crippen molar-refractivity contribution in [2.45, 2.75) is 39.4 Å². The molecule has 2 heterocycles. The van der Waals surface area contributed by atoms with Crippen LogP contribution in [0.5, 0.6) is 5.75 Å². The van der Waals surface area contributed by atoms with Gasteiger partial charge >= 0.3 is 0 Å². The van der Waals surface area contributed by atoms with Gasteiger partial charge in [0.05, 0.1) is 19.9 Å². The Bertz CT molecular complexity index is 1300. The van der Waals surface area contributed by atoms with Gasteiger partial charge in [-0.15, -0.1) is 0 Å².